The Morgan fingerprint density at radius 2 is 2.24 bits per heavy atom. The molecule has 0 aliphatic heterocycles. The molecule has 3 N–H and O–H groups in total. The van der Waals surface area contributed by atoms with Gasteiger partial charge in [-0.25, -0.2) is 4.39 Å². The van der Waals surface area contributed by atoms with Gasteiger partial charge < -0.3 is 11.1 Å². The zero-order chi connectivity index (χ0) is 12.4. The van der Waals surface area contributed by atoms with Crippen LogP contribution in [0.15, 0.2) is 29.0 Å². The molecule has 1 atom stereocenters. The largest absolute Gasteiger partial charge is 0.397 e. The average molecular weight is 271 g/mol. The molecule has 0 aliphatic carbocycles. The first kappa shape index (κ1) is 12.2. The predicted molar refractivity (Wildman–Crippen MR) is 72.2 cm³/mol. The summed E-state index contributed by atoms with van der Waals surface area (Å²) < 4.78 is 13.1. The first-order chi connectivity index (χ1) is 8.08. The molecule has 1 aromatic heterocycles. The van der Waals surface area contributed by atoms with Gasteiger partial charge in [0.25, 0.3) is 0 Å². The zero-order valence-electron chi connectivity index (χ0n) is 9.21. The van der Waals surface area contributed by atoms with Gasteiger partial charge in [-0.05, 0) is 35.4 Å². The van der Waals surface area contributed by atoms with Crippen LogP contribution in [0, 0.1) is 5.82 Å². The highest BCUT2D eigenvalue weighted by atomic mass is 35.5. The Balaban J connectivity index is 2.22. The fourth-order valence-corrected chi connectivity index (χ4v) is 2.44. The van der Waals surface area contributed by atoms with Crippen molar-refractivity contribution >= 4 is 34.3 Å². The molecular formula is C12H12ClFN2S. The van der Waals surface area contributed by atoms with Crippen LogP contribution in [0.4, 0.5) is 15.8 Å². The normalized spacial score (nSPS) is 12.4. The Kier molecular flexibility index (Phi) is 3.54. The molecule has 2 aromatic rings. The van der Waals surface area contributed by atoms with Crippen LogP contribution in [-0.4, -0.2) is 0 Å². The summed E-state index contributed by atoms with van der Waals surface area (Å²) in [6.07, 6.45) is 0. The third-order valence-electron chi connectivity index (χ3n) is 2.51. The second kappa shape index (κ2) is 4.94. The maximum atomic E-state index is 13.1. The minimum atomic E-state index is -0.502. The van der Waals surface area contributed by atoms with E-state index in [1.54, 1.807) is 11.3 Å². The van der Waals surface area contributed by atoms with Gasteiger partial charge >= 0.3 is 0 Å². The molecule has 90 valence electrons. The molecule has 5 heteroatoms. The number of halogens is 2. The van der Waals surface area contributed by atoms with Gasteiger partial charge in [0.15, 0.2) is 0 Å². The summed E-state index contributed by atoms with van der Waals surface area (Å²) in [5.74, 6) is -0.502. The fraction of sp³-hybridized carbons (Fsp3) is 0.167. The molecule has 0 fully saturated rings. The quantitative estimate of drug-likeness (QED) is 0.816. The summed E-state index contributed by atoms with van der Waals surface area (Å²) >= 11 is 7.36. The molecule has 0 aliphatic rings. The van der Waals surface area contributed by atoms with Crippen molar-refractivity contribution in [1.82, 2.24) is 0 Å². The molecule has 0 amide bonds. The van der Waals surface area contributed by atoms with Crippen LogP contribution in [0.1, 0.15) is 18.5 Å². The number of thiophene rings is 1. The Morgan fingerprint density at radius 1 is 1.47 bits per heavy atom. The summed E-state index contributed by atoms with van der Waals surface area (Å²) in [6, 6.07) is 4.87. The smallest absolute Gasteiger partial charge is 0.143 e. The number of nitrogens with one attached hydrogen (secondary N) is 1. The lowest BCUT2D eigenvalue weighted by atomic mass is 10.1. The van der Waals surface area contributed by atoms with Crippen LogP contribution in [0.5, 0.6) is 0 Å². The van der Waals surface area contributed by atoms with Crippen LogP contribution in [0.25, 0.3) is 0 Å². The van der Waals surface area contributed by atoms with Crippen LogP contribution < -0.4 is 11.1 Å². The van der Waals surface area contributed by atoms with E-state index in [9.17, 15) is 4.39 Å². The van der Waals surface area contributed by atoms with E-state index in [-0.39, 0.29) is 11.1 Å². The third-order valence-corrected chi connectivity index (χ3v) is 3.50. The number of benzene rings is 1. The first-order valence-corrected chi connectivity index (χ1v) is 6.43. The summed E-state index contributed by atoms with van der Waals surface area (Å²) in [4.78, 5) is 0. The summed E-state index contributed by atoms with van der Waals surface area (Å²) in [5.41, 5.74) is 7.90. The summed E-state index contributed by atoms with van der Waals surface area (Å²) in [6.45, 7) is 2.01. The summed E-state index contributed by atoms with van der Waals surface area (Å²) in [7, 11) is 0. The van der Waals surface area contributed by atoms with Crippen LogP contribution in [0.2, 0.25) is 5.02 Å². The van der Waals surface area contributed by atoms with Gasteiger partial charge in [0.05, 0.1) is 16.4 Å². The van der Waals surface area contributed by atoms with E-state index in [0.29, 0.717) is 11.4 Å². The Morgan fingerprint density at radius 3 is 2.88 bits per heavy atom. The van der Waals surface area contributed by atoms with Gasteiger partial charge in [-0.3, -0.25) is 0 Å². The van der Waals surface area contributed by atoms with Crippen molar-refractivity contribution in [3.05, 3.63) is 45.4 Å². The van der Waals surface area contributed by atoms with Gasteiger partial charge in [0.2, 0.25) is 0 Å². The highest BCUT2D eigenvalue weighted by Gasteiger charge is 2.10. The number of rotatable bonds is 3. The van der Waals surface area contributed by atoms with Gasteiger partial charge in [-0.15, -0.1) is 0 Å². The Bertz CT molecular complexity index is 513. The Hall–Kier alpha value is -1.26. The van der Waals surface area contributed by atoms with Crippen molar-refractivity contribution in [3.8, 4) is 0 Å². The van der Waals surface area contributed by atoms with Crippen LogP contribution >= 0.6 is 22.9 Å². The molecular weight excluding hydrogens is 259 g/mol. The maximum Gasteiger partial charge on any atom is 0.143 e. The lowest BCUT2D eigenvalue weighted by Gasteiger charge is -2.16. The topological polar surface area (TPSA) is 38.0 Å². The molecule has 1 unspecified atom stereocenters. The van der Waals surface area contributed by atoms with Crippen molar-refractivity contribution in [2.45, 2.75) is 13.0 Å². The van der Waals surface area contributed by atoms with Crippen molar-refractivity contribution in [3.63, 3.8) is 0 Å². The molecule has 1 aromatic carbocycles. The van der Waals surface area contributed by atoms with Gasteiger partial charge in [0, 0.05) is 12.1 Å². The molecule has 0 saturated carbocycles. The van der Waals surface area contributed by atoms with Crippen LogP contribution in [-0.2, 0) is 0 Å². The molecule has 0 bridgehead atoms. The number of nitrogens with two attached hydrogens (primary N) is 1. The van der Waals surface area contributed by atoms with Crippen molar-refractivity contribution in [2.75, 3.05) is 11.1 Å². The average Bonchev–Trinajstić information content (AvgIpc) is 2.79. The number of nitrogen functional groups attached to an aromatic ring is 1. The monoisotopic (exact) mass is 270 g/mol. The van der Waals surface area contributed by atoms with Gasteiger partial charge in [-0.1, -0.05) is 11.6 Å². The zero-order valence-corrected chi connectivity index (χ0v) is 10.8. The molecule has 0 saturated heterocycles. The molecule has 0 spiro atoms. The SMILES string of the molecule is CC(Nc1cc(Cl)c(F)cc1N)c1ccsc1. The first-order valence-electron chi connectivity index (χ1n) is 5.11. The number of hydrogen-bond acceptors (Lipinski definition) is 3. The predicted octanol–water partition coefficient (Wildman–Crippen LogP) is 4.30. The van der Waals surface area contributed by atoms with E-state index < -0.39 is 5.82 Å². The van der Waals surface area contributed by atoms with E-state index in [0.717, 1.165) is 5.56 Å². The number of anilines is 2. The minimum absolute atomic E-state index is 0.0687. The lowest BCUT2D eigenvalue weighted by Crippen LogP contribution is -2.07. The van der Waals surface area contributed by atoms with E-state index >= 15 is 0 Å². The van der Waals surface area contributed by atoms with E-state index in [1.165, 1.54) is 12.1 Å². The van der Waals surface area contributed by atoms with Crippen molar-refractivity contribution < 1.29 is 4.39 Å². The van der Waals surface area contributed by atoms with Gasteiger partial charge in [-0.2, -0.15) is 11.3 Å². The molecule has 2 nitrogen and oxygen atoms in total. The van der Waals surface area contributed by atoms with Crippen LogP contribution in [0.3, 0.4) is 0 Å². The second-order valence-electron chi connectivity index (χ2n) is 3.78. The molecule has 1 heterocycles. The highest BCUT2D eigenvalue weighted by molar-refractivity contribution is 7.07. The highest BCUT2D eigenvalue weighted by Crippen LogP contribution is 2.29. The molecule has 0 radical (unpaired) electrons. The third kappa shape index (κ3) is 2.70. The van der Waals surface area contributed by atoms with Crippen molar-refractivity contribution in [2.24, 2.45) is 0 Å². The van der Waals surface area contributed by atoms with E-state index in [4.69, 9.17) is 17.3 Å². The molecule has 2 rings (SSSR count). The minimum Gasteiger partial charge on any atom is -0.397 e. The van der Waals surface area contributed by atoms with E-state index in [2.05, 4.69) is 10.7 Å². The van der Waals surface area contributed by atoms with Crippen molar-refractivity contribution in [1.29, 1.82) is 0 Å². The fourth-order valence-electron chi connectivity index (χ4n) is 1.53. The molecule has 17 heavy (non-hydrogen) atoms. The lowest BCUT2D eigenvalue weighted by molar-refractivity contribution is 0.629. The van der Waals surface area contributed by atoms with Gasteiger partial charge in [0.1, 0.15) is 5.82 Å². The standard InChI is InChI=1S/C12H12ClFN2S/c1-7(8-2-3-17-6-8)16-12-4-9(13)10(14)5-11(12)15/h2-7,16H,15H2,1H3. The second-order valence-corrected chi connectivity index (χ2v) is 4.96. The maximum absolute atomic E-state index is 13.1. The van der Waals surface area contributed by atoms with E-state index in [1.807, 2.05) is 18.4 Å². The summed E-state index contributed by atoms with van der Waals surface area (Å²) in [5, 5.41) is 7.34. The number of hydrogen-bond donors (Lipinski definition) is 2. The Labute approximate surface area is 108 Å².